The molecule has 0 aliphatic rings. The second-order valence-electron chi connectivity index (χ2n) is 3.05. The van der Waals surface area contributed by atoms with Gasteiger partial charge < -0.3 is 10.1 Å². The molecule has 1 aromatic carbocycles. The average Bonchev–Trinajstić information content (AvgIpc) is 2.14. The molecule has 0 bridgehead atoms. The standard InChI is InChI=1S/C10H11F2NO2/c1-6(10(14)15-2)13-9-4-7(11)3-8(12)5-9/h3-6,13H,1-2H3. The van der Waals surface area contributed by atoms with E-state index in [1.54, 1.807) is 0 Å². The highest BCUT2D eigenvalue weighted by Gasteiger charge is 2.13. The lowest BCUT2D eigenvalue weighted by atomic mass is 10.2. The average molecular weight is 215 g/mol. The number of methoxy groups -OCH3 is 1. The summed E-state index contributed by atoms with van der Waals surface area (Å²) in [7, 11) is 1.24. The molecule has 1 atom stereocenters. The molecule has 3 nitrogen and oxygen atoms in total. The summed E-state index contributed by atoms with van der Waals surface area (Å²) in [6, 6.07) is 2.30. The Morgan fingerprint density at radius 1 is 1.33 bits per heavy atom. The molecule has 1 aromatic rings. The maximum absolute atomic E-state index is 12.8. The normalized spacial score (nSPS) is 12.0. The third-order valence-corrected chi connectivity index (χ3v) is 1.80. The van der Waals surface area contributed by atoms with Gasteiger partial charge in [0.05, 0.1) is 7.11 Å². The molecule has 0 amide bonds. The summed E-state index contributed by atoms with van der Waals surface area (Å²) in [5, 5.41) is 2.62. The minimum Gasteiger partial charge on any atom is -0.467 e. The van der Waals surface area contributed by atoms with Gasteiger partial charge in [0, 0.05) is 11.8 Å². The van der Waals surface area contributed by atoms with Crippen LogP contribution >= 0.6 is 0 Å². The van der Waals surface area contributed by atoms with Crippen LogP contribution in [0.1, 0.15) is 6.92 Å². The van der Waals surface area contributed by atoms with Crippen LogP contribution in [-0.2, 0) is 9.53 Å². The quantitative estimate of drug-likeness (QED) is 0.783. The second-order valence-corrected chi connectivity index (χ2v) is 3.05. The molecule has 82 valence electrons. The fourth-order valence-electron chi connectivity index (χ4n) is 1.12. The van der Waals surface area contributed by atoms with Crippen molar-refractivity contribution in [3.05, 3.63) is 29.8 Å². The van der Waals surface area contributed by atoms with Gasteiger partial charge in [-0.1, -0.05) is 0 Å². The number of anilines is 1. The molecule has 0 aliphatic heterocycles. The maximum atomic E-state index is 12.8. The van der Waals surface area contributed by atoms with Crippen LogP contribution in [-0.4, -0.2) is 19.1 Å². The number of carbonyl (C=O) groups excluding carboxylic acids is 1. The van der Waals surface area contributed by atoms with Crippen LogP contribution in [0.3, 0.4) is 0 Å². The first kappa shape index (κ1) is 11.4. The minimum atomic E-state index is -0.699. The van der Waals surface area contributed by atoms with Crippen LogP contribution in [0.4, 0.5) is 14.5 Å². The van der Waals surface area contributed by atoms with Gasteiger partial charge >= 0.3 is 5.97 Å². The highest BCUT2D eigenvalue weighted by molar-refractivity contribution is 5.78. The number of rotatable bonds is 3. The Balaban J connectivity index is 2.76. The molecular formula is C10H11F2NO2. The fraction of sp³-hybridized carbons (Fsp3) is 0.300. The van der Waals surface area contributed by atoms with Crippen LogP contribution in [0.5, 0.6) is 0 Å². The summed E-state index contributed by atoms with van der Waals surface area (Å²) < 4.78 is 30.0. The maximum Gasteiger partial charge on any atom is 0.327 e. The smallest absolute Gasteiger partial charge is 0.327 e. The molecule has 0 aliphatic carbocycles. The highest BCUT2D eigenvalue weighted by Crippen LogP contribution is 2.13. The van der Waals surface area contributed by atoms with Crippen molar-refractivity contribution in [1.29, 1.82) is 0 Å². The molecular weight excluding hydrogens is 204 g/mol. The first-order valence-corrected chi connectivity index (χ1v) is 4.33. The molecule has 0 spiro atoms. The lowest BCUT2D eigenvalue weighted by Crippen LogP contribution is -2.27. The molecule has 5 heteroatoms. The van der Waals surface area contributed by atoms with Crippen molar-refractivity contribution in [1.82, 2.24) is 0 Å². The van der Waals surface area contributed by atoms with Crippen LogP contribution < -0.4 is 5.32 Å². The highest BCUT2D eigenvalue weighted by atomic mass is 19.1. The zero-order valence-corrected chi connectivity index (χ0v) is 8.38. The van der Waals surface area contributed by atoms with Crippen molar-refractivity contribution in [2.24, 2.45) is 0 Å². The van der Waals surface area contributed by atoms with Gasteiger partial charge in [0.2, 0.25) is 0 Å². The predicted octanol–water partition coefficient (Wildman–Crippen LogP) is 1.94. The van der Waals surface area contributed by atoms with Gasteiger partial charge in [0.15, 0.2) is 0 Å². The lowest BCUT2D eigenvalue weighted by Gasteiger charge is -2.12. The fourth-order valence-corrected chi connectivity index (χ4v) is 1.12. The number of ether oxygens (including phenoxy) is 1. The van der Waals surface area contributed by atoms with E-state index in [9.17, 15) is 13.6 Å². The van der Waals surface area contributed by atoms with Gasteiger partial charge in [-0.2, -0.15) is 0 Å². The number of carbonyl (C=O) groups is 1. The van der Waals surface area contributed by atoms with E-state index in [0.29, 0.717) is 0 Å². The Hall–Kier alpha value is -1.65. The van der Waals surface area contributed by atoms with Gasteiger partial charge in [0.25, 0.3) is 0 Å². The Kier molecular flexibility index (Phi) is 3.60. The summed E-state index contributed by atoms with van der Waals surface area (Å²) in [6.45, 7) is 1.54. The number of esters is 1. The summed E-state index contributed by atoms with van der Waals surface area (Å²) in [6.07, 6.45) is 0. The van der Waals surface area contributed by atoms with E-state index in [1.807, 2.05) is 0 Å². The van der Waals surface area contributed by atoms with Gasteiger partial charge in [-0.3, -0.25) is 0 Å². The first-order chi connectivity index (χ1) is 7.02. The third kappa shape index (κ3) is 3.19. The molecule has 0 radical (unpaired) electrons. The number of nitrogens with one attached hydrogen (secondary N) is 1. The van der Waals surface area contributed by atoms with Crippen molar-refractivity contribution in [2.75, 3.05) is 12.4 Å². The predicted molar refractivity (Wildman–Crippen MR) is 51.5 cm³/mol. The molecule has 0 heterocycles. The number of benzene rings is 1. The van der Waals surface area contributed by atoms with Crippen molar-refractivity contribution in [3.8, 4) is 0 Å². The molecule has 0 fully saturated rings. The Labute approximate surface area is 86.0 Å². The van der Waals surface area contributed by atoms with Gasteiger partial charge in [0.1, 0.15) is 17.7 Å². The molecule has 0 saturated heterocycles. The number of hydrogen-bond acceptors (Lipinski definition) is 3. The van der Waals surface area contributed by atoms with Gasteiger partial charge in [-0.15, -0.1) is 0 Å². The van der Waals surface area contributed by atoms with Crippen LogP contribution in [0.2, 0.25) is 0 Å². The molecule has 15 heavy (non-hydrogen) atoms. The van der Waals surface area contributed by atoms with E-state index in [-0.39, 0.29) is 5.69 Å². The largest absolute Gasteiger partial charge is 0.467 e. The van der Waals surface area contributed by atoms with Gasteiger partial charge in [-0.05, 0) is 19.1 Å². The second kappa shape index (κ2) is 4.72. The van der Waals surface area contributed by atoms with Crippen molar-refractivity contribution < 1.29 is 18.3 Å². The van der Waals surface area contributed by atoms with Crippen molar-refractivity contribution >= 4 is 11.7 Å². The van der Waals surface area contributed by atoms with Crippen molar-refractivity contribution in [2.45, 2.75) is 13.0 Å². The van der Waals surface area contributed by atoms with Gasteiger partial charge in [-0.25, -0.2) is 13.6 Å². The van der Waals surface area contributed by atoms with Crippen molar-refractivity contribution in [3.63, 3.8) is 0 Å². The van der Waals surface area contributed by atoms with Crippen LogP contribution in [0.15, 0.2) is 18.2 Å². The van der Waals surface area contributed by atoms with Crippen LogP contribution in [0.25, 0.3) is 0 Å². The third-order valence-electron chi connectivity index (χ3n) is 1.80. The molecule has 0 aromatic heterocycles. The Morgan fingerprint density at radius 3 is 2.33 bits per heavy atom. The number of halogens is 2. The zero-order chi connectivity index (χ0) is 11.4. The summed E-state index contributed by atoms with van der Waals surface area (Å²) in [5.41, 5.74) is 0.199. The van der Waals surface area contributed by atoms with E-state index >= 15 is 0 Å². The summed E-state index contributed by atoms with van der Waals surface area (Å²) in [4.78, 5) is 11.0. The van der Waals surface area contributed by atoms with E-state index < -0.39 is 23.6 Å². The summed E-state index contributed by atoms with van der Waals surface area (Å²) >= 11 is 0. The molecule has 1 N–H and O–H groups in total. The van der Waals surface area contributed by atoms with E-state index in [2.05, 4.69) is 10.1 Å². The monoisotopic (exact) mass is 215 g/mol. The van der Waals surface area contributed by atoms with E-state index in [4.69, 9.17) is 0 Å². The van der Waals surface area contributed by atoms with Crippen LogP contribution in [0, 0.1) is 11.6 Å². The molecule has 1 unspecified atom stereocenters. The lowest BCUT2D eigenvalue weighted by molar-refractivity contribution is -0.141. The Morgan fingerprint density at radius 2 is 1.87 bits per heavy atom. The molecule has 0 saturated carbocycles. The number of hydrogen-bond donors (Lipinski definition) is 1. The molecule has 1 rings (SSSR count). The zero-order valence-electron chi connectivity index (χ0n) is 8.38. The van der Waals surface area contributed by atoms with E-state index in [0.717, 1.165) is 18.2 Å². The SMILES string of the molecule is COC(=O)C(C)Nc1cc(F)cc(F)c1. The minimum absolute atomic E-state index is 0.199. The first-order valence-electron chi connectivity index (χ1n) is 4.33. The van der Waals surface area contributed by atoms with E-state index in [1.165, 1.54) is 14.0 Å². The Bertz CT molecular complexity index is 348. The topological polar surface area (TPSA) is 38.3 Å². The summed E-state index contributed by atoms with van der Waals surface area (Å²) in [5.74, 6) is -1.90.